The number of benzene rings is 3. The van der Waals surface area contributed by atoms with E-state index >= 15 is 0 Å². The zero-order valence-corrected chi connectivity index (χ0v) is 19.5. The number of halogens is 1. The molecule has 1 aliphatic rings. The van der Waals surface area contributed by atoms with Gasteiger partial charge in [-0.15, -0.1) is 0 Å². The summed E-state index contributed by atoms with van der Waals surface area (Å²) in [6.45, 7) is 4.36. The Morgan fingerprint density at radius 1 is 1.06 bits per heavy atom. The third-order valence-corrected chi connectivity index (χ3v) is 6.33. The highest BCUT2D eigenvalue weighted by Crippen LogP contribution is 2.36. The molecular formula is C27H27ClN2O3. The van der Waals surface area contributed by atoms with Crippen molar-refractivity contribution >= 4 is 34.8 Å². The number of rotatable bonds is 4. The van der Waals surface area contributed by atoms with Crippen LogP contribution in [0.2, 0.25) is 5.02 Å². The lowest BCUT2D eigenvalue weighted by Crippen LogP contribution is -2.32. The third kappa shape index (κ3) is 5.10. The molecule has 0 bridgehead atoms. The van der Waals surface area contributed by atoms with Crippen LogP contribution in [0, 0.1) is 13.8 Å². The maximum atomic E-state index is 13.5. The van der Waals surface area contributed by atoms with Crippen LogP contribution in [0.15, 0.2) is 60.7 Å². The van der Waals surface area contributed by atoms with Crippen molar-refractivity contribution in [3.63, 3.8) is 0 Å². The van der Waals surface area contributed by atoms with E-state index in [2.05, 4.69) is 5.32 Å². The van der Waals surface area contributed by atoms with E-state index in [1.54, 1.807) is 35.2 Å². The zero-order valence-electron chi connectivity index (χ0n) is 18.8. The fraction of sp³-hybridized carbons (Fsp3) is 0.259. The highest BCUT2D eigenvalue weighted by atomic mass is 35.5. The van der Waals surface area contributed by atoms with Crippen molar-refractivity contribution in [3.8, 4) is 0 Å². The minimum atomic E-state index is -0.650. The Bertz CT molecular complexity index is 1210. The second-order valence-electron chi connectivity index (χ2n) is 8.50. The molecule has 0 aliphatic carbocycles. The Balaban J connectivity index is 1.53. The molecule has 1 unspecified atom stereocenters. The maximum absolute atomic E-state index is 13.5. The van der Waals surface area contributed by atoms with Gasteiger partial charge in [0.2, 0.25) is 5.91 Å². The van der Waals surface area contributed by atoms with Crippen molar-refractivity contribution < 1.29 is 14.7 Å². The second kappa shape index (κ2) is 9.77. The molecule has 3 aromatic rings. The molecule has 4 rings (SSSR count). The summed E-state index contributed by atoms with van der Waals surface area (Å²) in [7, 11) is 0. The number of aryl methyl sites for hydroxylation is 2. The fourth-order valence-electron chi connectivity index (χ4n) is 4.28. The van der Waals surface area contributed by atoms with Crippen LogP contribution in [-0.4, -0.2) is 23.5 Å². The average molecular weight is 463 g/mol. The molecule has 33 heavy (non-hydrogen) atoms. The smallest absolute Gasteiger partial charge is 0.258 e. The standard InChI is InChI=1S/C27H27ClN2O3/c1-17-6-3-4-7-19(17)15-26(32)29-21-10-11-22(18(2)14-21)27(33)30-13-5-8-25(31)23-16-20(28)9-12-24(23)30/h3-4,6-7,9-12,14,16,25,31H,5,8,13,15H2,1-2H3,(H,29,32). The van der Waals surface area contributed by atoms with Crippen molar-refractivity contribution in [2.75, 3.05) is 16.8 Å². The van der Waals surface area contributed by atoms with Crippen LogP contribution in [0.25, 0.3) is 0 Å². The first kappa shape index (κ1) is 23.0. The molecule has 1 heterocycles. The van der Waals surface area contributed by atoms with Gasteiger partial charge in [-0.2, -0.15) is 0 Å². The van der Waals surface area contributed by atoms with Crippen LogP contribution in [0.5, 0.6) is 0 Å². The van der Waals surface area contributed by atoms with Gasteiger partial charge in [0.05, 0.1) is 12.5 Å². The third-order valence-electron chi connectivity index (χ3n) is 6.10. The first-order valence-electron chi connectivity index (χ1n) is 11.1. The van der Waals surface area contributed by atoms with E-state index in [1.807, 2.05) is 44.2 Å². The minimum Gasteiger partial charge on any atom is -0.388 e. The van der Waals surface area contributed by atoms with Crippen LogP contribution in [0.1, 0.15) is 51.6 Å². The highest BCUT2D eigenvalue weighted by molar-refractivity contribution is 6.30. The van der Waals surface area contributed by atoms with Gasteiger partial charge >= 0.3 is 0 Å². The second-order valence-corrected chi connectivity index (χ2v) is 8.94. The molecular weight excluding hydrogens is 436 g/mol. The first-order valence-corrected chi connectivity index (χ1v) is 11.5. The highest BCUT2D eigenvalue weighted by Gasteiger charge is 2.27. The van der Waals surface area contributed by atoms with Crippen molar-refractivity contribution in [1.82, 2.24) is 0 Å². The lowest BCUT2D eigenvalue weighted by atomic mass is 10.0. The molecule has 0 radical (unpaired) electrons. The van der Waals surface area contributed by atoms with E-state index in [9.17, 15) is 14.7 Å². The molecule has 0 spiro atoms. The molecule has 0 saturated heterocycles. The predicted octanol–water partition coefficient (Wildman–Crippen LogP) is 5.61. The maximum Gasteiger partial charge on any atom is 0.258 e. The van der Waals surface area contributed by atoms with Crippen molar-refractivity contribution in [2.24, 2.45) is 0 Å². The molecule has 0 fully saturated rings. The SMILES string of the molecule is Cc1ccccc1CC(=O)Nc1ccc(C(=O)N2CCCC(O)c3cc(Cl)ccc32)c(C)c1. The van der Waals surface area contributed by atoms with Crippen LogP contribution in [0.3, 0.4) is 0 Å². The lowest BCUT2D eigenvalue weighted by Gasteiger charge is -2.24. The summed E-state index contributed by atoms with van der Waals surface area (Å²) >= 11 is 6.13. The normalized spacial score (nSPS) is 15.5. The molecule has 170 valence electrons. The van der Waals surface area contributed by atoms with Gasteiger partial charge in [0.15, 0.2) is 0 Å². The Hall–Kier alpha value is -3.15. The van der Waals surface area contributed by atoms with Gasteiger partial charge in [-0.1, -0.05) is 35.9 Å². The molecule has 0 aromatic heterocycles. The van der Waals surface area contributed by atoms with Gasteiger partial charge < -0.3 is 15.3 Å². The van der Waals surface area contributed by atoms with E-state index in [-0.39, 0.29) is 11.8 Å². The van der Waals surface area contributed by atoms with Crippen LogP contribution in [-0.2, 0) is 11.2 Å². The molecule has 2 amide bonds. The van der Waals surface area contributed by atoms with E-state index in [1.165, 1.54) is 0 Å². The number of aliphatic hydroxyl groups is 1. The van der Waals surface area contributed by atoms with Crippen molar-refractivity contribution in [3.05, 3.63) is 93.5 Å². The Morgan fingerprint density at radius 3 is 2.61 bits per heavy atom. The zero-order chi connectivity index (χ0) is 23.5. The number of carbonyl (C=O) groups excluding carboxylic acids is 2. The largest absolute Gasteiger partial charge is 0.388 e. The van der Waals surface area contributed by atoms with E-state index < -0.39 is 6.10 Å². The van der Waals surface area contributed by atoms with Crippen molar-refractivity contribution in [1.29, 1.82) is 0 Å². The Labute approximate surface area is 199 Å². The number of aliphatic hydroxyl groups excluding tert-OH is 1. The summed E-state index contributed by atoms with van der Waals surface area (Å²) in [4.78, 5) is 27.7. The Kier molecular flexibility index (Phi) is 6.82. The molecule has 0 saturated carbocycles. The topological polar surface area (TPSA) is 69.6 Å². The molecule has 6 heteroatoms. The summed E-state index contributed by atoms with van der Waals surface area (Å²) in [6, 6.07) is 18.4. The number of fused-ring (bicyclic) bond motifs is 1. The van der Waals surface area contributed by atoms with Gasteiger partial charge in [-0.05, 0) is 79.8 Å². The summed E-state index contributed by atoms with van der Waals surface area (Å²) < 4.78 is 0. The Morgan fingerprint density at radius 2 is 1.85 bits per heavy atom. The number of carbonyl (C=O) groups is 2. The number of hydrogen-bond acceptors (Lipinski definition) is 3. The average Bonchev–Trinajstić information content (AvgIpc) is 2.93. The summed E-state index contributed by atoms with van der Waals surface area (Å²) in [5.41, 5.74) is 5.41. The van der Waals surface area contributed by atoms with Gasteiger partial charge in [0.25, 0.3) is 5.91 Å². The van der Waals surface area contributed by atoms with Crippen LogP contribution < -0.4 is 10.2 Å². The number of nitrogens with zero attached hydrogens (tertiary/aromatic N) is 1. The van der Waals surface area contributed by atoms with Crippen molar-refractivity contribution in [2.45, 2.75) is 39.2 Å². The molecule has 1 atom stereocenters. The summed E-state index contributed by atoms with van der Waals surface area (Å²) in [6.07, 6.45) is 0.901. The number of amides is 2. The van der Waals surface area contributed by atoms with Crippen LogP contribution >= 0.6 is 11.6 Å². The van der Waals surface area contributed by atoms with Gasteiger partial charge in [0.1, 0.15) is 0 Å². The van der Waals surface area contributed by atoms with Gasteiger partial charge in [-0.25, -0.2) is 0 Å². The summed E-state index contributed by atoms with van der Waals surface area (Å²) in [5, 5.41) is 14.0. The number of nitrogens with one attached hydrogen (secondary N) is 1. The lowest BCUT2D eigenvalue weighted by molar-refractivity contribution is -0.115. The first-order chi connectivity index (χ1) is 15.8. The molecule has 3 aromatic carbocycles. The van der Waals surface area contributed by atoms with Gasteiger partial charge in [0, 0.05) is 34.1 Å². The molecule has 5 nitrogen and oxygen atoms in total. The van der Waals surface area contributed by atoms with E-state index in [0.29, 0.717) is 53.3 Å². The molecule has 2 N–H and O–H groups in total. The van der Waals surface area contributed by atoms with Gasteiger partial charge in [-0.3, -0.25) is 9.59 Å². The quantitative estimate of drug-likeness (QED) is 0.529. The number of hydrogen-bond donors (Lipinski definition) is 2. The number of anilines is 2. The predicted molar refractivity (Wildman–Crippen MR) is 132 cm³/mol. The molecule has 1 aliphatic heterocycles. The fourth-order valence-corrected chi connectivity index (χ4v) is 4.46. The van der Waals surface area contributed by atoms with E-state index in [0.717, 1.165) is 16.7 Å². The monoisotopic (exact) mass is 462 g/mol. The van der Waals surface area contributed by atoms with E-state index in [4.69, 9.17) is 11.6 Å². The summed E-state index contributed by atoms with van der Waals surface area (Å²) in [5.74, 6) is -0.238. The van der Waals surface area contributed by atoms with Crippen LogP contribution in [0.4, 0.5) is 11.4 Å². The minimum absolute atomic E-state index is 0.102.